The Labute approximate surface area is 158 Å². The molecule has 5 heteroatoms. The van der Waals surface area contributed by atoms with Gasteiger partial charge in [-0.3, -0.25) is 0 Å². The lowest BCUT2D eigenvalue weighted by Gasteiger charge is -2.14. The lowest BCUT2D eigenvalue weighted by molar-refractivity contribution is -0.130. The average molecular weight is 370 g/mol. The Kier molecular flexibility index (Phi) is 6.77. The molecule has 0 bridgehead atoms. The van der Waals surface area contributed by atoms with Crippen LogP contribution in [-0.2, 0) is 4.79 Å². The van der Waals surface area contributed by atoms with E-state index >= 15 is 0 Å². The van der Waals surface area contributed by atoms with E-state index in [0.717, 1.165) is 5.57 Å². The van der Waals surface area contributed by atoms with Gasteiger partial charge in [-0.2, -0.15) is 0 Å². The summed E-state index contributed by atoms with van der Waals surface area (Å²) in [6.07, 6.45) is 0. The molecule has 0 unspecified atom stereocenters. The van der Waals surface area contributed by atoms with Gasteiger partial charge in [-0.05, 0) is 56.2 Å². The van der Waals surface area contributed by atoms with Crippen molar-refractivity contribution in [2.45, 2.75) is 20.8 Å². The van der Waals surface area contributed by atoms with Gasteiger partial charge in [-0.1, -0.05) is 19.2 Å². The van der Waals surface area contributed by atoms with Crippen LogP contribution in [0.15, 0.2) is 60.7 Å². The van der Waals surface area contributed by atoms with Crippen molar-refractivity contribution in [3.05, 3.63) is 66.5 Å². The van der Waals surface area contributed by atoms with Gasteiger partial charge in [0.2, 0.25) is 0 Å². The molecule has 0 saturated carbocycles. The first-order valence-electron chi connectivity index (χ1n) is 8.53. The summed E-state index contributed by atoms with van der Waals surface area (Å²) in [5.74, 6) is -0.255. The minimum absolute atomic E-state index is 0.147. The third-order valence-electron chi connectivity index (χ3n) is 3.53. The molecule has 0 heterocycles. The first-order valence-corrected chi connectivity index (χ1v) is 8.53. The number of rotatable bonds is 8. The molecule has 0 saturated heterocycles. The van der Waals surface area contributed by atoms with Crippen molar-refractivity contribution < 1.29 is 23.4 Å². The topological polar surface area (TPSA) is 44.8 Å². The van der Waals surface area contributed by atoms with Crippen LogP contribution in [0.4, 0.5) is 4.39 Å². The Bertz CT molecular complexity index is 871. The number of carbonyl (C=O) groups is 1. The molecule has 0 amide bonds. The highest BCUT2D eigenvalue weighted by atomic mass is 19.1. The van der Waals surface area contributed by atoms with Gasteiger partial charge in [0.05, 0.1) is 6.61 Å². The van der Waals surface area contributed by atoms with E-state index in [1.807, 2.05) is 13.8 Å². The third kappa shape index (κ3) is 5.45. The first kappa shape index (κ1) is 20.2. The van der Waals surface area contributed by atoms with Gasteiger partial charge in [0.15, 0.2) is 11.6 Å². The molecule has 0 aromatic heterocycles. The van der Waals surface area contributed by atoms with Crippen LogP contribution in [-0.4, -0.2) is 19.2 Å². The Morgan fingerprint density at radius 2 is 1.78 bits per heavy atom. The van der Waals surface area contributed by atoms with E-state index in [1.54, 1.807) is 24.3 Å². The van der Waals surface area contributed by atoms with Crippen LogP contribution >= 0.6 is 0 Å². The van der Waals surface area contributed by atoms with E-state index in [0.29, 0.717) is 35.8 Å². The number of carbonyl (C=O) groups excluding carboxylic acids is 1. The summed E-state index contributed by atoms with van der Waals surface area (Å²) in [5.41, 5.74) is 2.40. The number of hydrogen-bond acceptors (Lipinski definition) is 4. The van der Waals surface area contributed by atoms with Gasteiger partial charge in [-0.25, -0.2) is 9.18 Å². The van der Waals surface area contributed by atoms with Crippen LogP contribution in [0.25, 0.3) is 11.1 Å². The van der Waals surface area contributed by atoms with Crippen LogP contribution in [0.1, 0.15) is 20.8 Å². The van der Waals surface area contributed by atoms with Gasteiger partial charge >= 0.3 is 5.97 Å². The zero-order valence-electron chi connectivity index (χ0n) is 15.8. The van der Waals surface area contributed by atoms with Crippen molar-refractivity contribution in [2.24, 2.45) is 0 Å². The van der Waals surface area contributed by atoms with Gasteiger partial charge in [-0.15, -0.1) is 0 Å². The highest BCUT2D eigenvalue weighted by Gasteiger charge is 2.14. The van der Waals surface area contributed by atoms with Crippen molar-refractivity contribution in [1.82, 2.24) is 0 Å². The van der Waals surface area contributed by atoms with Crippen molar-refractivity contribution in [3.63, 3.8) is 0 Å². The van der Waals surface area contributed by atoms with Crippen LogP contribution in [0, 0.1) is 5.82 Å². The van der Waals surface area contributed by atoms with E-state index in [2.05, 4.69) is 13.2 Å². The van der Waals surface area contributed by atoms with E-state index in [1.165, 1.54) is 19.1 Å². The molecule has 142 valence electrons. The molecule has 2 aromatic carbocycles. The normalized spacial score (nSPS) is 10.2. The maximum Gasteiger partial charge on any atom is 0.338 e. The quantitative estimate of drug-likeness (QED) is 0.273. The molecular formula is C22H23FO4. The van der Waals surface area contributed by atoms with Crippen molar-refractivity contribution in [3.8, 4) is 28.4 Å². The molecule has 0 aliphatic heterocycles. The van der Waals surface area contributed by atoms with Crippen LogP contribution in [0.5, 0.6) is 17.2 Å². The summed E-state index contributed by atoms with van der Waals surface area (Å²) < 4.78 is 30.7. The van der Waals surface area contributed by atoms with E-state index in [9.17, 15) is 9.18 Å². The second kappa shape index (κ2) is 9.03. The Balaban J connectivity index is 2.33. The van der Waals surface area contributed by atoms with Gasteiger partial charge < -0.3 is 14.2 Å². The Morgan fingerprint density at radius 1 is 1.04 bits per heavy atom. The standard InChI is InChI=1S/C22H23FO4/c1-6-25-21-12-17(26-13-14(2)3)8-9-18(21)16-7-10-20(19(23)11-16)27-22(24)15(4)5/h7-12H,2,4,6,13H2,1,3,5H3. The maximum absolute atomic E-state index is 14.4. The Hall–Kier alpha value is -3.08. The first-order chi connectivity index (χ1) is 12.8. The molecule has 0 fully saturated rings. The summed E-state index contributed by atoms with van der Waals surface area (Å²) >= 11 is 0. The van der Waals surface area contributed by atoms with Crippen LogP contribution < -0.4 is 14.2 Å². The van der Waals surface area contributed by atoms with Crippen molar-refractivity contribution >= 4 is 5.97 Å². The maximum atomic E-state index is 14.4. The van der Waals surface area contributed by atoms with Crippen molar-refractivity contribution in [1.29, 1.82) is 0 Å². The average Bonchev–Trinajstić information content (AvgIpc) is 2.62. The lowest BCUT2D eigenvalue weighted by Crippen LogP contribution is -2.09. The fourth-order valence-electron chi connectivity index (χ4n) is 2.25. The fourth-order valence-corrected chi connectivity index (χ4v) is 2.25. The summed E-state index contributed by atoms with van der Waals surface area (Å²) in [6, 6.07) is 9.71. The molecule has 27 heavy (non-hydrogen) atoms. The lowest BCUT2D eigenvalue weighted by atomic mass is 10.0. The van der Waals surface area contributed by atoms with Gasteiger partial charge in [0.1, 0.15) is 18.1 Å². The third-order valence-corrected chi connectivity index (χ3v) is 3.53. The molecule has 0 N–H and O–H groups in total. The highest BCUT2D eigenvalue weighted by molar-refractivity contribution is 5.88. The Morgan fingerprint density at radius 3 is 2.37 bits per heavy atom. The number of benzene rings is 2. The van der Waals surface area contributed by atoms with E-state index in [4.69, 9.17) is 14.2 Å². The number of ether oxygens (including phenoxy) is 3. The highest BCUT2D eigenvalue weighted by Crippen LogP contribution is 2.35. The second-order valence-corrected chi connectivity index (χ2v) is 6.15. The SMILES string of the molecule is C=C(C)COc1ccc(-c2ccc(OC(=O)C(=C)C)c(F)c2)c(OCC)c1. The summed E-state index contributed by atoms with van der Waals surface area (Å²) in [6.45, 7) is 13.4. The van der Waals surface area contributed by atoms with Gasteiger partial charge in [0.25, 0.3) is 0 Å². The predicted molar refractivity (Wildman–Crippen MR) is 104 cm³/mol. The molecule has 0 radical (unpaired) electrons. The zero-order valence-corrected chi connectivity index (χ0v) is 15.8. The molecule has 2 rings (SSSR count). The summed E-state index contributed by atoms with van der Waals surface area (Å²) in [5, 5.41) is 0. The zero-order chi connectivity index (χ0) is 20.0. The monoisotopic (exact) mass is 370 g/mol. The number of esters is 1. The summed E-state index contributed by atoms with van der Waals surface area (Å²) in [7, 11) is 0. The molecule has 0 atom stereocenters. The predicted octanol–water partition coefficient (Wildman–Crippen LogP) is 5.33. The molecule has 4 nitrogen and oxygen atoms in total. The van der Waals surface area contributed by atoms with Gasteiger partial charge in [0, 0.05) is 17.2 Å². The molecule has 0 aliphatic carbocycles. The molecular weight excluding hydrogens is 347 g/mol. The van der Waals surface area contributed by atoms with Crippen LogP contribution in [0.2, 0.25) is 0 Å². The minimum Gasteiger partial charge on any atom is -0.493 e. The smallest absolute Gasteiger partial charge is 0.338 e. The fraction of sp³-hybridized carbons (Fsp3) is 0.227. The molecule has 0 aliphatic rings. The van der Waals surface area contributed by atoms with E-state index in [-0.39, 0.29) is 11.3 Å². The minimum atomic E-state index is -0.671. The number of hydrogen-bond donors (Lipinski definition) is 0. The molecule has 2 aromatic rings. The number of halogens is 1. The second-order valence-electron chi connectivity index (χ2n) is 6.15. The van der Waals surface area contributed by atoms with E-state index < -0.39 is 11.8 Å². The molecule has 0 spiro atoms. The van der Waals surface area contributed by atoms with Crippen molar-refractivity contribution in [2.75, 3.05) is 13.2 Å². The van der Waals surface area contributed by atoms with Crippen LogP contribution in [0.3, 0.4) is 0 Å². The summed E-state index contributed by atoms with van der Waals surface area (Å²) in [4.78, 5) is 11.6. The largest absolute Gasteiger partial charge is 0.493 e.